The summed E-state index contributed by atoms with van der Waals surface area (Å²) in [7, 11) is 1.92. The smallest absolute Gasteiger partial charge is 0.225 e. The van der Waals surface area contributed by atoms with Crippen LogP contribution in [0.2, 0.25) is 0 Å². The minimum atomic E-state index is 0.193. The van der Waals surface area contributed by atoms with Crippen LogP contribution in [0.4, 0.5) is 0 Å². The van der Waals surface area contributed by atoms with Crippen LogP contribution in [-0.4, -0.2) is 37.5 Å². The van der Waals surface area contributed by atoms with Gasteiger partial charge in [0.25, 0.3) is 0 Å². The molecule has 82 valence electrons. The maximum Gasteiger partial charge on any atom is 0.225 e. The van der Waals surface area contributed by atoms with Gasteiger partial charge in [0.1, 0.15) is 0 Å². The van der Waals surface area contributed by atoms with Gasteiger partial charge in [-0.1, -0.05) is 20.3 Å². The monoisotopic (exact) mass is 198 g/mol. The molecule has 0 bridgehead atoms. The van der Waals surface area contributed by atoms with Crippen molar-refractivity contribution in [3.63, 3.8) is 0 Å². The highest BCUT2D eigenvalue weighted by Crippen LogP contribution is 2.17. The van der Waals surface area contributed by atoms with E-state index < -0.39 is 0 Å². The van der Waals surface area contributed by atoms with Crippen molar-refractivity contribution >= 4 is 5.91 Å². The second-order valence-corrected chi connectivity index (χ2v) is 4.32. The standard InChI is InChI=1S/C11H22N2O/c1-4-5-6-13(3)11(14)9(2)10-7-12-8-10/h9-10,12H,4-8H2,1-3H3. The molecule has 0 aliphatic carbocycles. The summed E-state index contributed by atoms with van der Waals surface area (Å²) >= 11 is 0. The summed E-state index contributed by atoms with van der Waals surface area (Å²) in [6, 6.07) is 0. The second-order valence-electron chi connectivity index (χ2n) is 4.32. The number of hydrogen-bond acceptors (Lipinski definition) is 2. The normalized spacial score (nSPS) is 18.8. The third kappa shape index (κ3) is 2.71. The number of amides is 1. The SMILES string of the molecule is CCCCN(C)C(=O)C(C)C1CNC1. The Morgan fingerprint density at radius 3 is 2.64 bits per heavy atom. The first kappa shape index (κ1) is 11.5. The molecule has 0 spiro atoms. The number of unbranched alkanes of at least 4 members (excludes halogenated alkanes) is 1. The molecule has 3 nitrogen and oxygen atoms in total. The number of rotatable bonds is 5. The molecule has 0 aromatic carbocycles. The van der Waals surface area contributed by atoms with E-state index in [9.17, 15) is 4.79 Å². The third-order valence-corrected chi connectivity index (χ3v) is 3.13. The summed E-state index contributed by atoms with van der Waals surface area (Å²) in [4.78, 5) is 13.8. The van der Waals surface area contributed by atoms with Crippen LogP contribution in [-0.2, 0) is 4.79 Å². The van der Waals surface area contributed by atoms with E-state index in [1.807, 2.05) is 11.9 Å². The maximum atomic E-state index is 11.9. The molecule has 1 aliphatic rings. The van der Waals surface area contributed by atoms with E-state index in [2.05, 4.69) is 19.2 Å². The van der Waals surface area contributed by atoms with E-state index in [4.69, 9.17) is 0 Å². The van der Waals surface area contributed by atoms with E-state index in [0.717, 1.165) is 32.5 Å². The zero-order valence-corrected chi connectivity index (χ0v) is 9.55. The summed E-state index contributed by atoms with van der Waals surface area (Å²) in [5, 5.41) is 3.21. The van der Waals surface area contributed by atoms with Gasteiger partial charge in [-0.25, -0.2) is 0 Å². The van der Waals surface area contributed by atoms with Gasteiger partial charge in [0.2, 0.25) is 5.91 Å². The Bertz CT molecular complexity index is 190. The molecule has 3 heteroatoms. The summed E-state index contributed by atoms with van der Waals surface area (Å²) in [6.45, 7) is 7.12. The molecule has 14 heavy (non-hydrogen) atoms. The fourth-order valence-electron chi connectivity index (χ4n) is 1.72. The fraction of sp³-hybridized carbons (Fsp3) is 0.909. The number of hydrogen-bond donors (Lipinski definition) is 1. The zero-order valence-electron chi connectivity index (χ0n) is 9.55. The highest BCUT2D eigenvalue weighted by molar-refractivity contribution is 5.78. The summed E-state index contributed by atoms with van der Waals surface area (Å²) in [6.07, 6.45) is 2.26. The van der Waals surface area contributed by atoms with Gasteiger partial charge in [-0.05, 0) is 25.4 Å². The molecule has 1 amide bonds. The lowest BCUT2D eigenvalue weighted by molar-refractivity contribution is -0.136. The molecule has 1 fully saturated rings. The number of carbonyl (C=O) groups is 1. The second kappa shape index (κ2) is 5.35. The van der Waals surface area contributed by atoms with Crippen molar-refractivity contribution in [2.75, 3.05) is 26.7 Å². The fourth-order valence-corrected chi connectivity index (χ4v) is 1.72. The van der Waals surface area contributed by atoms with Crippen molar-refractivity contribution in [3.8, 4) is 0 Å². The Morgan fingerprint density at radius 2 is 2.21 bits per heavy atom. The highest BCUT2D eigenvalue weighted by Gasteiger charge is 2.30. The molecule has 1 rings (SSSR count). The Labute approximate surface area is 86.9 Å². The Morgan fingerprint density at radius 1 is 1.57 bits per heavy atom. The molecule has 1 N–H and O–H groups in total. The first-order chi connectivity index (χ1) is 6.66. The average Bonchev–Trinajstić information content (AvgIpc) is 2.10. The minimum absolute atomic E-state index is 0.193. The van der Waals surface area contributed by atoms with Gasteiger partial charge >= 0.3 is 0 Å². The molecule has 1 unspecified atom stereocenters. The largest absolute Gasteiger partial charge is 0.346 e. The number of nitrogens with one attached hydrogen (secondary N) is 1. The zero-order chi connectivity index (χ0) is 10.6. The summed E-state index contributed by atoms with van der Waals surface area (Å²) < 4.78 is 0. The van der Waals surface area contributed by atoms with E-state index >= 15 is 0 Å². The molecule has 0 aromatic rings. The lowest BCUT2D eigenvalue weighted by Crippen LogP contribution is -2.50. The molecule has 0 saturated carbocycles. The number of carbonyl (C=O) groups excluding carboxylic acids is 1. The third-order valence-electron chi connectivity index (χ3n) is 3.13. The van der Waals surface area contributed by atoms with Crippen LogP contribution in [0.15, 0.2) is 0 Å². The molecular weight excluding hydrogens is 176 g/mol. The van der Waals surface area contributed by atoms with Crippen molar-refractivity contribution in [2.24, 2.45) is 11.8 Å². The van der Waals surface area contributed by atoms with Gasteiger partial charge in [0.15, 0.2) is 0 Å². The molecule has 1 aliphatic heterocycles. The Hall–Kier alpha value is -0.570. The Balaban J connectivity index is 2.30. The minimum Gasteiger partial charge on any atom is -0.346 e. The first-order valence-corrected chi connectivity index (χ1v) is 5.62. The van der Waals surface area contributed by atoms with E-state index in [1.165, 1.54) is 0 Å². The number of nitrogens with zero attached hydrogens (tertiary/aromatic N) is 1. The van der Waals surface area contributed by atoms with Gasteiger partial charge in [-0.3, -0.25) is 4.79 Å². The molecule has 1 atom stereocenters. The van der Waals surface area contributed by atoms with Crippen LogP contribution < -0.4 is 5.32 Å². The molecule has 0 radical (unpaired) electrons. The van der Waals surface area contributed by atoms with Crippen LogP contribution in [0.5, 0.6) is 0 Å². The predicted octanol–water partition coefficient (Wildman–Crippen LogP) is 1.10. The summed E-state index contributed by atoms with van der Waals surface area (Å²) in [5.41, 5.74) is 0. The average molecular weight is 198 g/mol. The van der Waals surface area contributed by atoms with Gasteiger partial charge in [-0.15, -0.1) is 0 Å². The van der Waals surface area contributed by atoms with Crippen molar-refractivity contribution in [3.05, 3.63) is 0 Å². The van der Waals surface area contributed by atoms with E-state index in [-0.39, 0.29) is 5.92 Å². The highest BCUT2D eigenvalue weighted by atomic mass is 16.2. The van der Waals surface area contributed by atoms with Crippen LogP contribution >= 0.6 is 0 Å². The van der Waals surface area contributed by atoms with Crippen LogP contribution in [0.25, 0.3) is 0 Å². The van der Waals surface area contributed by atoms with Crippen LogP contribution in [0.1, 0.15) is 26.7 Å². The van der Waals surface area contributed by atoms with Crippen molar-refractivity contribution in [1.82, 2.24) is 10.2 Å². The molecular formula is C11H22N2O. The topological polar surface area (TPSA) is 32.3 Å². The lowest BCUT2D eigenvalue weighted by Gasteiger charge is -2.33. The first-order valence-electron chi connectivity index (χ1n) is 5.62. The lowest BCUT2D eigenvalue weighted by atomic mass is 9.88. The van der Waals surface area contributed by atoms with Crippen molar-refractivity contribution < 1.29 is 4.79 Å². The van der Waals surface area contributed by atoms with Gasteiger partial charge in [0, 0.05) is 19.5 Å². The van der Waals surface area contributed by atoms with Crippen molar-refractivity contribution in [2.45, 2.75) is 26.7 Å². The van der Waals surface area contributed by atoms with E-state index in [0.29, 0.717) is 11.8 Å². The van der Waals surface area contributed by atoms with Gasteiger partial charge < -0.3 is 10.2 Å². The molecule has 1 heterocycles. The van der Waals surface area contributed by atoms with E-state index in [1.54, 1.807) is 0 Å². The summed E-state index contributed by atoms with van der Waals surface area (Å²) in [5.74, 6) is 1.06. The van der Waals surface area contributed by atoms with Crippen LogP contribution in [0, 0.1) is 11.8 Å². The van der Waals surface area contributed by atoms with Crippen LogP contribution in [0.3, 0.4) is 0 Å². The Kier molecular flexibility index (Phi) is 4.39. The molecule has 1 saturated heterocycles. The van der Waals surface area contributed by atoms with Gasteiger partial charge in [0.05, 0.1) is 0 Å². The maximum absolute atomic E-state index is 11.9. The van der Waals surface area contributed by atoms with Crippen molar-refractivity contribution in [1.29, 1.82) is 0 Å². The predicted molar refractivity (Wildman–Crippen MR) is 58.1 cm³/mol. The van der Waals surface area contributed by atoms with Gasteiger partial charge in [-0.2, -0.15) is 0 Å². The quantitative estimate of drug-likeness (QED) is 0.717. The molecule has 0 aromatic heterocycles.